The molecule has 1 aromatic rings. The molecule has 0 spiro atoms. The molecule has 4 atom stereocenters. The fourth-order valence-corrected chi connectivity index (χ4v) is 5.89. The summed E-state index contributed by atoms with van der Waals surface area (Å²) < 4.78 is 5.42. The summed E-state index contributed by atoms with van der Waals surface area (Å²) in [4.78, 5) is 91.5. The van der Waals surface area contributed by atoms with E-state index in [1.807, 2.05) is 0 Å². The standard InChI is InChI=1S/C33H48N6O8/c1-20(27(41)30(44)35-19-24(40)37-25(29(43)34-5)21-13-8-6-9-14-21)36-28(42)23-17-12-18-39(23)31(45)26(22-15-10-7-11-16-22)38-32(46)47-33(2,3)4/h6,8-9,13-14,20,22-23,25-26H,7,10-12,15-19H2,1-5H3,(H,34,43)(H,35,44)(H,36,42)(H,37,40)(H,38,46). The molecule has 5 N–H and O–H groups in total. The van der Waals surface area contributed by atoms with E-state index >= 15 is 0 Å². The lowest BCUT2D eigenvalue weighted by Gasteiger charge is -2.35. The molecule has 47 heavy (non-hydrogen) atoms. The van der Waals surface area contributed by atoms with Crippen LogP contribution in [0.1, 0.15) is 84.2 Å². The minimum Gasteiger partial charge on any atom is -0.444 e. The molecule has 0 radical (unpaired) electrons. The van der Waals surface area contributed by atoms with E-state index < -0.39 is 71.8 Å². The monoisotopic (exact) mass is 656 g/mol. The molecule has 14 nitrogen and oxygen atoms in total. The van der Waals surface area contributed by atoms with Gasteiger partial charge in [0.15, 0.2) is 0 Å². The maximum atomic E-state index is 13.8. The number of carbonyl (C=O) groups excluding carboxylic acids is 7. The molecule has 1 aliphatic heterocycles. The Morgan fingerprint density at radius 1 is 0.894 bits per heavy atom. The third-order valence-electron chi connectivity index (χ3n) is 8.23. The van der Waals surface area contributed by atoms with Crippen LogP contribution in [-0.4, -0.2) is 90.2 Å². The van der Waals surface area contributed by atoms with Gasteiger partial charge in [0.1, 0.15) is 23.7 Å². The Hall–Kier alpha value is -4.49. The van der Waals surface area contributed by atoms with Gasteiger partial charge in [0, 0.05) is 13.6 Å². The highest BCUT2D eigenvalue weighted by molar-refractivity contribution is 6.38. The molecule has 2 aliphatic rings. The third kappa shape index (κ3) is 10.8. The summed E-state index contributed by atoms with van der Waals surface area (Å²) >= 11 is 0. The first-order chi connectivity index (χ1) is 22.2. The Labute approximate surface area is 275 Å². The van der Waals surface area contributed by atoms with Gasteiger partial charge in [-0.25, -0.2) is 4.79 Å². The van der Waals surface area contributed by atoms with Crippen molar-refractivity contribution in [1.82, 2.24) is 31.5 Å². The van der Waals surface area contributed by atoms with Gasteiger partial charge in [-0.05, 0) is 64.9 Å². The largest absolute Gasteiger partial charge is 0.444 e. The van der Waals surface area contributed by atoms with Crippen molar-refractivity contribution in [3.63, 3.8) is 0 Å². The Bertz CT molecular complexity index is 1310. The zero-order valence-corrected chi connectivity index (χ0v) is 27.9. The minimum absolute atomic E-state index is 0.103. The molecule has 6 amide bonds. The predicted octanol–water partition coefficient (Wildman–Crippen LogP) is 1.24. The number of amides is 6. The average molecular weight is 657 g/mol. The molecule has 14 heteroatoms. The second-order valence-corrected chi connectivity index (χ2v) is 13.0. The summed E-state index contributed by atoms with van der Waals surface area (Å²) in [5, 5.41) is 12.5. The van der Waals surface area contributed by atoms with E-state index in [1.165, 1.54) is 18.9 Å². The average Bonchev–Trinajstić information content (AvgIpc) is 3.54. The molecule has 4 unspecified atom stereocenters. The van der Waals surface area contributed by atoms with Crippen LogP contribution in [-0.2, 0) is 33.5 Å². The van der Waals surface area contributed by atoms with Crippen LogP contribution in [0.3, 0.4) is 0 Å². The fourth-order valence-electron chi connectivity index (χ4n) is 5.89. The number of Topliss-reactive ketones (excluding diaryl/α,β-unsaturated/α-hetero) is 1. The highest BCUT2D eigenvalue weighted by atomic mass is 16.6. The number of ether oxygens (including phenoxy) is 1. The molecule has 1 saturated heterocycles. The van der Waals surface area contributed by atoms with Crippen LogP contribution >= 0.6 is 0 Å². The Morgan fingerprint density at radius 3 is 2.17 bits per heavy atom. The van der Waals surface area contributed by atoms with Gasteiger partial charge >= 0.3 is 6.09 Å². The van der Waals surface area contributed by atoms with Crippen molar-refractivity contribution in [3.8, 4) is 0 Å². The van der Waals surface area contributed by atoms with E-state index in [4.69, 9.17) is 4.74 Å². The number of carbonyl (C=O) groups is 7. The maximum Gasteiger partial charge on any atom is 0.408 e. The lowest BCUT2D eigenvalue weighted by molar-refractivity contribution is -0.143. The number of hydrogen-bond donors (Lipinski definition) is 5. The van der Waals surface area contributed by atoms with Crippen LogP contribution in [0.25, 0.3) is 0 Å². The van der Waals surface area contributed by atoms with Gasteiger partial charge in [-0.1, -0.05) is 49.6 Å². The number of rotatable bonds is 12. The number of alkyl carbamates (subject to hydrolysis) is 1. The molecule has 1 aromatic carbocycles. The molecular formula is C33H48N6O8. The van der Waals surface area contributed by atoms with Crippen molar-refractivity contribution in [3.05, 3.63) is 35.9 Å². The highest BCUT2D eigenvalue weighted by Gasteiger charge is 2.42. The van der Waals surface area contributed by atoms with Gasteiger partial charge in [-0.3, -0.25) is 28.8 Å². The van der Waals surface area contributed by atoms with E-state index in [-0.39, 0.29) is 11.8 Å². The smallest absolute Gasteiger partial charge is 0.408 e. The van der Waals surface area contributed by atoms with E-state index in [0.29, 0.717) is 24.9 Å². The van der Waals surface area contributed by atoms with Crippen molar-refractivity contribution in [2.24, 2.45) is 5.92 Å². The summed E-state index contributed by atoms with van der Waals surface area (Å²) in [6.45, 7) is 6.26. The van der Waals surface area contributed by atoms with Crippen molar-refractivity contribution >= 4 is 41.4 Å². The minimum atomic E-state index is -1.25. The molecule has 2 fully saturated rings. The zero-order chi connectivity index (χ0) is 34.7. The van der Waals surface area contributed by atoms with Crippen LogP contribution in [0.4, 0.5) is 4.79 Å². The van der Waals surface area contributed by atoms with Gasteiger partial charge in [-0.15, -0.1) is 0 Å². The summed E-state index contributed by atoms with van der Waals surface area (Å²) in [6.07, 6.45) is 4.62. The van der Waals surface area contributed by atoms with Crippen molar-refractivity contribution in [1.29, 1.82) is 0 Å². The van der Waals surface area contributed by atoms with Gasteiger partial charge < -0.3 is 36.2 Å². The number of ketones is 1. The Kier molecular flexibility index (Phi) is 13.3. The van der Waals surface area contributed by atoms with E-state index in [1.54, 1.807) is 51.1 Å². The Morgan fingerprint density at radius 2 is 1.55 bits per heavy atom. The Balaban J connectivity index is 1.58. The van der Waals surface area contributed by atoms with Crippen LogP contribution in [0.2, 0.25) is 0 Å². The highest BCUT2D eigenvalue weighted by Crippen LogP contribution is 2.29. The molecular weight excluding hydrogens is 608 g/mol. The topological polar surface area (TPSA) is 192 Å². The maximum absolute atomic E-state index is 13.8. The SMILES string of the molecule is CNC(=O)C(NC(=O)CNC(=O)C(=O)C(C)NC(=O)C1CCCN1C(=O)C(NC(=O)OC(C)(C)C)C1CCCCC1)c1ccccc1. The summed E-state index contributed by atoms with van der Waals surface area (Å²) in [5.74, 6) is -4.33. The molecule has 3 rings (SSSR count). The van der Waals surface area contributed by atoms with E-state index in [0.717, 1.165) is 32.1 Å². The fraction of sp³-hybridized carbons (Fsp3) is 0.606. The predicted molar refractivity (Wildman–Crippen MR) is 171 cm³/mol. The van der Waals surface area contributed by atoms with Crippen LogP contribution in [0, 0.1) is 5.92 Å². The zero-order valence-electron chi connectivity index (χ0n) is 27.9. The second kappa shape index (κ2) is 16.9. The number of likely N-dealkylation sites (tertiary alicyclic amines) is 1. The van der Waals surface area contributed by atoms with Crippen molar-refractivity contribution in [2.75, 3.05) is 20.1 Å². The number of benzene rings is 1. The van der Waals surface area contributed by atoms with Gasteiger partial charge in [0.2, 0.25) is 29.4 Å². The van der Waals surface area contributed by atoms with Crippen LogP contribution in [0.5, 0.6) is 0 Å². The lowest BCUT2D eigenvalue weighted by atomic mass is 9.83. The van der Waals surface area contributed by atoms with Crippen LogP contribution < -0.4 is 26.6 Å². The molecule has 0 aromatic heterocycles. The third-order valence-corrected chi connectivity index (χ3v) is 8.23. The molecule has 0 bridgehead atoms. The lowest BCUT2D eigenvalue weighted by Crippen LogP contribution is -2.58. The normalized spacial score (nSPS) is 18.6. The number of likely N-dealkylation sites (N-methyl/N-ethyl adjacent to an activating group) is 1. The van der Waals surface area contributed by atoms with Crippen LogP contribution in [0.15, 0.2) is 30.3 Å². The summed E-state index contributed by atoms with van der Waals surface area (Å²) in [5.41, 5.74) is -0.223. The quantitative estimate of drug-likeness (QED) is 0.208. The summed E-state index contributed by atoms with van der Waals surface area (Å²) in [6, 6.07) is 4.51. The summed E-state index contributed by atoms with van der Waals surface area (Å²) in [7, 11) is 1.43. The second-order valence-electron chi connectivity index (χ2n) is 13.0. The first-order valence-electron chi connectivity index (χ1n) is 16.2. The van der Waals surface area contributed by atoms with Crippen molar-refractivity contribution in [2.45, 2.75) is 102 Å². The van der Waals surface area contributed by atoms with Gasteiger partial charge in [0.25, 0.3) is 5.91 Å². The first-order valence-corrected chi connectivity index (χ1v) is 16.2. The van der Waals surface area contributed by atoms with Crippen molar-refractivity contribution < 1.29 is 38.3 Å². The molecule has 1 saturated carbocycles. The molecule has 1 heterocycles. The van der Waals surface area contributed by atoms with Gasteiger partial charge in [-0.2, -0.15) is 0 Å². The number of nitrogens with zero attached hydrogens (tertiary/aromatic N) is 1. The van der Waals surface area contributed by atoms with E-state index in [2.05, 4.69) is 26.6 Å². The number of hydrogen-bond acceptors (Lipinski definition) is 8. The first kappa shape index (κ1) is 37.0. The molecule has 258 valence electrons. The molecule has 1 aliphatic carbocycles. The van der Waals surface area contributed by atoms with E-state index in [9.17, 15) is 33.6 Å². The number of nitrogens with one attached hydrogen (secondary N) is 5. The van der Waals surface area contributed by atoms with Gasteiger partial charge in [0.05, 0.1) is 12.6 Å².